The minimum absolute atomic E-state index is 0.420. The summed E-state index contributed by atoms with van der Waals surface area (Å²) in [6.45, 7) is 1.85. The van der Waals surface area contributed by atoms with Gasteiger partial charge in [-0.3, -0.25) is 0 Å². The van der Waals surface area contributed by atoms with Crippen LogP contribution in [-0.2, 0) is 17.7 Å². The first-order chi connectivity index (χ1) is 6.88. The lowest BCUT2D eigenvalue weighted by Crippen LogP contribution is -2.08. The Bertz CT molecular complexity index is 281. The smallest absolute Gasteiger partial charge is 0.0954 e. The highest BCUT2D eigenvalue weighted by Crippen LogP contribution is 2.20. The van der Waals surface area contributed by atoms with Crippen LogP contribution in [0.15, 0.2) is 6.20 Å². The monoisotopic (exact) mass is 212 g/mol. The van der Waals surface area contributed by atoms with Crippen molar-refractivity contribution in [2.75, 3.05) is 13.7 Å². The molecule has 14 heavy (non-hydrogen) atoms. The van der Waals surface area contributed by atoms with Gasteiger partial charge in [-0.2, -0.15) is 0 Å². The molecule has 1 saturated heterocycles. The van der Waals surface area contributed by atoms with Crippen molar-refractivity contribution < 1.29 is 4.74 Å². The molecule has 0 aliphatic carbocycles. The van der Waals surface area contributed by atoms with Crippen LogP contribution in [0.3, 0.4) is 0 Å². The van der Waals surface area contributed by atoms with E-state index in [-0.39, 0.29) is 0 Å². The maximum atomic E-state index is 5.58. The van der Waals surface area contributed by atoms with Gasteiger partial charge in [-0.25, -0.2) is 4.98 Å². The molecule has 2 heterocycles. The van der Waals surface area contributed by atoms with Crippen LogP contribution in [0.25, 0.3) is 0 Å². The molecule has 1 atom stereocenters. The molecule has 0 saturated carbocycles. The number of nitrogens with zero attached hydrogens (tertiary/aromatic N) is 1. The summed E-state index contributed by atoms with van der Waals surface area (Å²) in [4.78, 5) is 5.70. The number of hydrogen-bond donors (Lipinski definition) is 1. The van der Waals surface area contributed by atoms with Crippen LogP contribution < -0.4 is 5.32 Å². The number of rotatable bonds is 4. The van der Waals surface area contributed by atoms with Crippen molar-refractivity contribution in [1.29, 1.82) is 0 Å². The van der Waals surface area contributed by atoms with Gasteiger partial charge in [-0.1, -0.05) is 0 Å². The fraction of sp³-hybridized carbons (Fsp3) is 0.700. The third-order valence-corrected chi connectivity index (χ3v) is 3.40. The normalized spacial score (nSPS) is 21.6. The lowest BCUT2D eigenvalue weighted by atomic mass is 10.2. The quantitative estimate of drug-likeness (QED) is 0.823. The van der Waals surface area contributed by atoms with Gasteiger partial charge in [0.05, 0.1) is 11.1 Å². The van der Waals surface area contributed by atoms with Gasteiger partial charge in [-0.05, 0) is 19.9 Å². The van der Waals surface area contributed by atoms with Gasteiger partial charge in [0.1, 0.15) is 0 Å². The second kappa shape index (κ2) is 4.87. The molecule has 1 aromatic rings. The minimum atomic E-state index is 0.420. The van der Waals surface area contributed by atoms with Crippen LogP contribution in [-0.4, -0.2) is 24.7 Å². The van der Waals surface area contributed by atoms with E-state index in [1.165, 1.54) is 22.7 Å². The Morgan fingerprint density at radius 1 is 1.71 bits per heavy atom. The SMILES string of the molecule is CNCc1cnc(CC2CCCO2)s1. The summed E-state index contributed by atoms with van der Waals surface area (Å²) >= 11 is 1.79. The number of thiazole rings is 1. The number of hydrogen-bond acceptors (Lipinski definition) is 4. The van der Waals surface area contributed by atoms with E-state index in [1.807, 2.05) is 13.2 Å². The average Bonchev–Trinajstić information content (AvgIpc) is 2.79. The molecular weight excluding hydrogens is 196 g/mol. The summed E-state index contributed by atoms with van der Waals surface area (Å²) in [5.41, 5.74) is 0. The summed E-state index contributed by atoms with van der Waals surface area (Å²) in [5, 5.41) is 4.34. The molecule has 0 aromatic carbocycles. The van der Waals surface area contributed by atoms with Crippen molar-refractivity contribution >= 4 is 11.3 Å². The molecule has 4 heteroatoms. The van der Waals surface area contributed by atoms with E-state index >= 15 is 0 Å². The van der Waals surface area contributed by atoms with Gasteiger partial charge in [0.2, 0.25) is 0 Å². The van der Waals surface area contributed by atoms with Crippen LogP contribution in [0.1, 0.15) is 22.7 Å². The molecule has 3 nitrogen and oxygen atoms in total. The third kappa shape index (κ3) is 2.53. The Kier molecular flexibility index (Phi) is 3.50. The molecule has 1 aliphatic rings. The Labute approximate surface area is 88.5 Å². The van der Waals surface area contributed by atoms with Crippen LogP contribution >= 0.6 is 11.3 Å². The standard InChI is InChI=1S/C10H16N2OS/c1-11-6-9-7-12-10(14-9)5-8-3-2-4-13-8/h7-8,11H,2-6H2,1H3. The fourth-order valence-corrected chi connectivity index (χ4v) is 2.70. The lowest BCUT2D eigenvalue weighted by Gasteiger charge is -2.05. The van der Waals surface area contributed by atoms with Crippen molar-refractivity contribution in [2.24, 2.45) is 0 Å². The predicted molar refractivity (Wildman–Crippen MR) is 57.6 cm³/mol. The van der Waals surface area contributed by atoms with Gasteiger partial charge in [0, 0.05) is 30.6 Å². The largest absolute Gasteiger partial charge is 0.378 e. The van der Waals surface area contributed by atoms with Crippen LogP contribution in [0.5, 0.6) is 0 Å². The van der Waals surface area contributed by atoms with Gasteiger partial charge >= 0.3 is 0 Å². The van der Waals surface area contributed by atoms with E-state index in [0.29, 0.717) is 6.10 Å². The van der Waals surface area contributed by atoms with Gasteiger partial charge in [0.25, 0.3) is 0 Å². The summed E-state index contributed by atoms with van der Waals surface area (Å²) < 4.78 is 5.58. The van der Waals surface area contributed by atoms with Crippen LogP contribution in [0, 0.1) is 0 Å². The Morgan fingerprint density at radius 3 is 3.36 bits per heavy atom. The zero-order valence-electron chi connectivity index (χ0n) is 8.45. The van der Waals surface area contributed by atoms with Crippen molar-refractivity contribution in [1.82, 2.24) is 10.3 Å². The van der Waals surface area contributed by atoms with Gasteiger partial charge < -0.3 is 10.1 Å². The minimum Gasteiger partial charge on any atom is -0.378 e. The molecule has 1 N–H and O–H groups in total. The first kappa shape index (κ1) is 10.1. The summed E-state index contributed by atoms with van der Waals surface area (Å²) in [6.07, 6.45) is 5.78. The van der Waals surface area contributed by atoms with Gasteiger partial charge in [-0.15, -0.1) is 11.3 Å². The zero-order valence-corrected chi connectivity index (χ0v) is 9.27. The summed E-state index contributed by atoms with van der Waals surface area (Å²) in [5.74, 6) is 0. The second-order valence-electron chi connectivity index (χ2n) is 3.59. The number of ether oxygens (including phenoxy) is 1. The molecule has 1 unspecified atom stereocenters. The van der Waals surface area contributed by atoms with Crippen molar-refractivity contribution in [3.63, 3.8) is 0 Å². The Morgan fingerprint density at radius 2 is 2.64 bits per heavy atom. The molecule has 1 fully saturated rings. The average molecular weight is 212 g/mol. The third-order valence-electron chi connectivity index (χ3n) is 2.38. The first-order valence-electron chi connectivity index (χ1n) is 5.08. The maximum Gasteiger partial charge on any atom is 0.0954 e. The fourth-order valence-electron chi connectivity index (χ4n) is 1.70. The lowest BCUT2D eigenvalue weighted by molar-refractivity contribution is 0.111. The summed E-state index contributed by atoms with van der Waals surface area (Å²) in [7, 11) is 1.96. The number of aromatic nitrogens is 1. The molecule has 0 radical (unpaired) electrons. The second-order valence-corrected chi connectivity index (χ2v) is 4.79. The molecule has 1 aliphatic heterocycles. The van der Waals surface area contributed by atoms with E-state index in [0.717, 1.165) is 19.6 Å². The van der Waals surface area contributed by atoms with E-state index in [4.69, 9.17) is 4.74 Å². The molecule has 2 rings (SSSR count). The molecule has 0 bridgehead atoms. The van der Waals surface area contributed by atoms with E-state index < -0.39 is 0 Å². The predicted octanol–water partition coefficient (Wildman–Crippen LogP) is 1.58. The molecule has 0 spiro atoms. The van der Waals surface area contributed by atoms with Crippen LogP contribution in [0.2, 0.25) is 0 Å². The van der Waals surface area contributed by atoms with Crippen molar-refractivity contribution in [2.45, 2.75) is 31.9 Å². The highest BCUT2D eigenvalue weighted by Gasteiger charge is 2.17. The first-order valence-corrected chi connectivity index (χ1v) is 5.90. The molecule has 78 valence electrons. The highest BCUT2D eigenvalue weighted by atomic mass is 32.1. The Balaban J connectivity index is 1.88. The topological polar surface area (TPSA) is 34.2 Å². The Hall–Kier alpha value is -0.450. The highest BCUT2D eigenvalue weighted by molar-refractivity contribution is 7.11. The molecular formula is C10H16N2OS. The van der Waals surface area contributed by atoms with Crippen molar-refractivity contribution in [3.8, 4) is 0 Å². The van der Waals surface area contributed by atoms with E-state index in [1.54, 1.807) is 11.3 Å². The van der Waals surface area contributed by atoms with Crippen LogP contribution in [0.4, 0.5) is 0 Å². The van der Waals surface area contributed by atoms with Crippen molar-refractivity contribution in [3.05, 3.63) is 16.1 Å². The zero-order chi connectivity index (χ0) is 9.80. The van der Waals surface area contributed by atoms with E-state index in [9.17, 15) is 0 Å². The number of nitrogens with one attached hydrogen (secondary N) is 1. The summed E-state index contributed by atoms with van der Waals surface area (Å²) in [6, 6.07) is 0. The van der Waals surface area contributed by atoms with E-state index in [2.05, 4.69) is 10.3 Å². The molecule has 1 aromatic heterocycles. The maximum absolute atomic E-state index is 5.58. The molecule has 0 amide bonds. The van der Waals surface area contributed by atoms with Gasteiger partial charge in [0.15, 0.2) is 0 Å².